The molecule has 0 aliphatic carbocycles. The fraction of sp³-hybridized carbons (Fsp3) is 0.320. The largest absolute Gasteiger partial charge is 0.493 e. The number of thiazole rings is 1. The number of carbonyl (C=O) groups is 2. The molecule has 2 aromatic carbocycles. The fourth-order valence-electron chi connectivity index (χ4n) is 3.41. The lowest BCUT2D eigenvalue weighted by Gasteiger charge is -2.12. The predicted molar refractivity (Wildman–Crippen MR) is 132 cm³/mol. The lowest BCUT2D eigenvalue weighted by atomic mass is 10.1. The second kappa shape index (κ2) is 11.5. The lowest BCUT2D eigenvalue weighted by Crippen LogP contribution is -2.22. The molecule has 0 saturated heterocycles. The van der Waals surface area contributed by atoms with E-state index in [9.17, 15) is 9.59 Å². The first kappa shape index (κ1) is 25.0. The van der Waals surface area contributed by atoms with Crippen LogP contribution in [-0.4, -0.2) is 44.4 Å². The maximum Gasteiger partial charge on any atom is 0.326 e. The number of aromatic nitrogens is 1. The molecule has 0 saturated carbocycles. The number of ether oxygens (including phenoxy) is 4. The minimum absolute atomic E-state index is 0.0258. The van der Waals surface area contributed by atoms with Crippen LogP contribution in [0.4, 0.5) is 0 Å². The number of aryl methyl sites for hydroxylation is 1. The Morgan fingerprint density at radius 2 is 1.74 bits per heavy atom. The molecule has 0 bridgehead atoms. The van der Waals surface area contributed by atoms with Crippen molar-refractivity contribution in [2.45, 2.75) is 26.8 Å². The molecule has 34 heavy (non-hydrogen) atoms. The van der Waals surface area contributed by atoms with E-state index in [1.807, 2.05) is 12.1 Å². The van der Waals surface area contributed by atoms with Crippen LogP contribution in [0.3, 0.4) is 0 Å². The van der Waals surface area contributed by atoms with Gasteiger partial charge in [0.2, 0.25) is 5.75 Å². The average Bonchev–Trinajstić information content (AvgIpc) is 3.17. The van der Waals surface area contributed by atoms with Crippen LogP contribution in [0.25, 0.3) is 16.3 Å². The number of carbonyl (C=O) groups excluding carboxylic acids is 2. The van der Waals surface area contributed by atoms with Crippen molar-refractivity contribution in [2.24, 2.45) is 4.99 Å². The van der Waals surface area contributed by atoms with Crippen LogP contribution in [0.5, 0.6) is 17.2 Å². The molecule has 1 heterocycles. The van der Waals surface area contributed by atoms with Crippen molar-refractivity contribution in [3.8, 4) is 17.2 Å². The number of rotatable bonds is 9. The third-order valence-corrected chi connectivity index (χ3v) is 6.10. The molecule has 0 unspecified atom stereocenters. The van der Waals surface area contributed by atoms with Gasteiger partial charge in [-0.25, -0.2) is 0 Å². The van der Waals surface area contributed by atoms with Gasteiger partial charge in [0.15, 0.2) is 16.3 Å². The van der Waals surface area contributed by atoms with Crippen LogP contribution in [-0.2, 0) is 27.3 Å². The molecular formula is C25H28N2O6S. The van der Waals surface area contributed by atoms with E-state index in [0.717, 1.165) is 22.2 Å². The van der Waals surface area contributed by atoms with Gasteiger partial charge in [0.25, 0.3) is 5.91 Å². The second-order valence-corrected chi connectivity index (χ2v) is 8.18. The molecule has 0 aliphatic heterocycles. The van der Waals surface area contributed by atoms with Gasteiger partial charge in [-0.05, 0) is 54.8 Å². The van der Waals surface area contributed by atoms with Crippen LogP contribution >= 0.6 is 11.3 Å². The van der Waals surface area contributed by atoms with Gasteiger partial charge in [0.05, 0.1) is 38.2 Å². The first-order chi connectivity index (χ1) is 16.4. The topological polar surface area (TPSA) is 88.4 Å². The van der Waals surface area contributed by atoms with E-state index in [1.165, 1.54) is 38.7 Å². The summed E-state index contributed by atoms with van der Waals surface area (Å²) in [5, 5.41) is 0. The van der Waals surface area contributed by atoms with E-state index in [4.69, 9.17) is 18.9 Å². The molecule has 0 atom stereocenters. The summed E-state index contributed by atoms with van der Waals surface area (Å²) in [6.45, 7) is 4.08. The van der Waals surface area contributed by atoms with Crippen LogP contribution < -0.4 is 19.0 Å². The van der Waals surface area contributed by atoms with Crippen LogP contribution in [0.2, 0.25) is 0 Å². The number of hydrogen-bond acceptors (Lipinski definition) is 7. The summed E-state index contributed by atoms with van der Waals surface area (Å²) in [6.07, 6.45) is 3.86. The van der Waals surface area contributed by atoms with Crippen molar-refractivity contribution >= 4 is 39.5 Å². The Balaban J connectivity index is 1.99. The van der Waals surface area contributed by atoms with Crippen molar-refractivity contribution in [2.75, 3.05) is 27.9 Å². The molecule has 1 amide bonds. The smallest absolute Gasteiger partial charge is 0.326 e. The highest BCUT2D eigenvalue weighted by molar-refractivity contribution is 7.16. The van der Waals surface area contributed by atoms with Crippen molar-refractivity contribution < 1.29 is 28.5 Å². The molecule has 3 rings (SSSR count). The highest BCUT2D eigenvalue weighted by atomic mass is 32.1. The predicted octanol–water partition coefficient (Wildman–Crippen LogP) is 3.99. The summed E-state index contributed by atoms with van der Waals surface area (Å²) in [5.74, 6) is 0.580. The molecule has 0 aliphatic rings. The molecule has 3 aromatic rings. The van der Waals surface area contributed by atoms with Gasteiger partial charge in [0.1, 0.15) is 6.54 Å². The summed E-state index contributed by atoms with van der Waals surface area (Å²) in [5.41, 5.74) is 2.67. The first-order valence-corrected chi connectivity index (χ1v) is 11.6. The monoisotopic (exact) mass is 484 g/mol. The molecule has 0 spiro atoms. The van der Waals surface area contributed by atoms with Gasteiger partial charge >= 0.3 is 5.97 Å². The Morgan fingerprint density at radius 1 is 1.03 bits per heavy atom. The Bertz CT molecular complexity index is 1260. The normalized spacial score (nSPS) is 11.7. The quantitative estimate of drug-likeness (QED) is 0.337. The maximum atomic E-state index is 12.7. The van der Waals surface area contributed by atoms with Crippen LogP contribution in [0.15, 0.2) is 41.4 Å². The standard InChI is InChI=1S/C25H28N2O6S/c1-6-16-8-10-18-21(14-16)34-25(27(18)15-23(29)33-7-2)26-22(28)11-9-17-12-19(30-3)24(32-5)20(13-17)31-4/h8-14H,6-7,15H2,1-5H3. The van der Waals surface area contributed by atoms with Gasteiger partial charge in [-0.1, -0.05) is 24.3 Å². The number of methoxy groups -OCH3 is 3. The van der Waals surface area contributed by atoms with Gasteiger partial charge in [0, 0.05) is 6.08 Å². The zero-order valence-corrected chi connectivity index (χ0v) is 20.7. The van der Waals surface area contributed by atoms with Gasteiger partial charge in [-0.2, -0.15) is 4.99 Å². The van der Waals surface area contributed by atoms with E-state index >= 15 is 0 Å². The number of hydrogen-bond donors (Lipinski definition) is 0. The third kappa shape index (κ3) is 5.66. The van der Waals surface area contributed by atoms with E-state index in [-0.39, 0.29) is 19.1 Å². The summed E-state index contributed by atoms with van der Waals surface area (Å²) >= 11 is 1.36. The second-order valence-electron chi connectivity index (χ2n) is 7.17. The lowest BCUT2D eigenvalue weighted by molar-refractivity contribution is -0.143. The minimum atomic E-state index is -0.464. The SMILES string of the molecule is CCOC(=O)Cn1c(=NC(=O)C=Cc2cc(OC)c(OC)c(OC)c2)sc2cc(CC)ccc21. The molecule has 0 fully saturated rings. The first-order valence-electron chi connectivity index (χ1n) is 10.8. The van der Waals surface area contributed by atoms with Crippen molar-refractivity contribution in [1.82, 2.24) is 4.57 Å². The summed E-state index contributed by atoms with van der Waals surface area (Å²) in [7, 11) is 4.58. The average molecular weight is 485 g/mol. The van der Waals surface area contributed by atoms with Crippen LogP contribution in [0, 0.1) is 0 Å². The third-order valence-electron chi connectivity index (χ3n) is 5.06. The Kier molecular flexibility index (Phi) is 8.48. The molecular weight excluding hydrogens is 456 g/mol. The van der Waals surface area contributed by atoms with E-state index < -0.39 is 5.91 Å². The molecule has 1 aromatic heterocycles. The van der Waals surface area contributed by atoms with E-state index in [1.54, 1.807) is 29.7 Å². The summed E-state index contributed by atoms with van der Waals surface area (Å²) in [4.78, 5) is 29.6. The van der Waals surface area contributed by atoms with Gasteiger partial charge in [-0.3, -0.25) is 9.59 Å². The highest BCUT2D eigenvalue weighted by Gasteiger charge is 2.14. The zero-order chi connectivity index (χ0) is 24.7. The number of nitrogens with zero attached hydrogens (tertiary/aromatic N) is 2. The van der Waals surface area contributed by atoms with Crippen LogP contribution in [0.1, 0.15) is 25.0 Å². The Hall–Kier alpha value is -3.59. The van der Waals surface area contributed by atoms with E-state index in [2.05, 4.69) is 18.0 Å². The van der Waals surface area contributed by atoms with Gasteiger partial charge in [-0.15, -0.1) is 0 Å². The minimum Gasteiger partial charge on any atom is -0.493 e. The Labute approximate surface area is 202 Å². The zero-order valence-electron chi connectivity index (χ0n) is 19.9. The molecule has 0 N–H and O–H groups in total. The number of amides is 1. The van der Waals surface area contributed by atoms with E-state index in [0.29, 0.717) is 27.6 Å². The summed E-state index contributed by atoms with van der Waals surface area (Å²) in [6, 6.07) is 9.47. The molecule has 8 nitrogen and oxygen atoms in total. The van der Waals surface area contributed by atoms with Gasteiger partial charge < -0.3 is 23.5 Å². The number of benzene rings is 2. The molecule has 180 valence electrons. The van der Waals surface area contributed by atoms with Crippen molar-refractivity contribution in [3.63, 3.8) is 0 Å². The molecule has 0 radical (unpaired) electrons. The van der Waals surface area contributed by atoms with Crippen molar-refractivity contribution in [1.29, 1.82) is 0 Å². The number of esters is 1. The maximum absolute atomic E-state index is 12.7. The van der Waals surface area contributed by atoms with Crippen molar-refractivity contribution in [3.05, 3.63) is 52.3 Å². The summed E-state index contributed by atoms with van der Waals surface area (Å²) < 4.78 is 23.8. The molecule has 9 heteroatoms. The number of fused-ring (bicyclic) bond motifs is 1. The highest BCUT2D eigenvalue weighted by Crippen LogP contribution is 2.38. The fourth-order valence-corrected chi connectivity index (χ4v) is 4.51. The Morgan fingerprint density at radius 3 is 2.32 bits per heavy atom.